The molecule has 3 rings (SSSR count). The van der Waals surface area contributed by atoms with E-state index in [2.05, 4.69) is 5.09 Å². The van der Waals surface area contributed by atoms with Gasteiger partial charge in [-0.3, -0.25) is 28.5 Å². The summed E-state index contributed by atoms with van der Waals surface area (Å²) in [5.74, 6) is -5.14. The van der Waals surface area contributed by atoms with Crippen molar-refractivity contribution in [3.63, 3.8) is 0 Å². The van der Waals surface area contributed by atoms with Gasteiger partial charge in [0, 0.05) is 24.2 Å². The van der Waals surface area contributed by atoms with Crippen LogP contribution < -0.4 is 20.9 Å². The number of aromatic nitrogens is 2. The Hall–Kier alpha value is -3.07. The van der Waals surface area contributed by atoms with Crippen LogP contribution in [0.2, 0.25) is 5.02 Å². The number of nitrogens with one attached hydrogen (secondary N) is 2. The lowest BCUT2D eigenvalue weighted by molar-refractivity contribution is -0.214. The average molecular weight is 622 g/mol. The minimum absolute atomic E-state index is 0.0453. The third-order valence-corrected chi connectivity index (χ3v) is 7.52. The number of ether oxygens (including phenoxy) is 3. The lowest BCUT2D eigenvalue weighted by atomic mass is 9.95. The van der Waals surface area contributed by atoms with Crippen LogP contribution in [0, 0.1) is 0 Å². The number of rotatable bonds is 11. The van der Waals surface area contributed by atoms with E-state index in [0.29, 0.717) is 9.59 Å². The second-order valence-corrected chi connectivity index (χ2v) is 11.8. The van der Waals surface area contributed by atoms with Gasteiger partial charge in [0.15, 0.2) is 12.3 Å². The first-order chi connectivity index (χ1) is 19.0. The van der Waals surface area contributed by atoms with Crippen molar-refractivity contribution in [2.75, 3.05) is 6.61 Å². The van der Waals surface area contributed by atoms with Crippen molar-refractivity contribution >= 4 is 31.3 Å². The molecule has 0 amide bonds. The summed E-state index contributed by atoms with van der Waals surface area (Å²) in [5, 5.41) is 13.9. The maximum Gasteiger partial charge on any atom is 0.459 e. The molecule has 14 nitrogen and oxygen atoms in total. The molecule has 0 bridgehead atoms. The molecule has 17 heteroatoms. The zero-order valence-corrected chi connectivity index (χ0v) is 24.3. The molecule has 0 spiro atoms. The largest absolute Gasteiger partial charge is 0.462 e. The van der Waals surface area contributed by atoms with Crippen LogP contribution in [-0.4, -0.2) is 62.9 Å². The smallest absolute Gasteiger partial charge is 0.459 e. The number of aliphatic hydroxyl groups is 1. The van der Waals surface area contributed by atoms with Crippen LogP contribution in [0.5, 0.6) is 5.75 Å². The Kier molecular flexibility index (Phi) is 9.84. The number of H-pyrrole nitrogens is 1. The highest BCUT2D eigenvalue weighted by Crippen LogP contribution is 2.51. The lowest BCUT2D eigenvalue weighted by Crippen LogP contribution is -2.52. The summed E-state index contributed by atoms with van der Waals surface area (Å²) >= 11 is 5.88. The molecule has 6 atom stereocenters. The number of halogens is 2. The molecule has 2 heterocycles. The minimum Gasteiger partial charge on any atom is -0.462 e. The minimum atomic E-state index is -4.67. The molecule has 1 aliphatic heterocycles. The van der Waals surface area contributed by atoms with Gasteiger partial charge in [-0.25, -0.2) is 13.8 Å². The number of carbonyl (C=O) groups excluding carboxylic acids is 2. The molecular formula is C24H30ClFN3O11P. The molecule has 2 aromatic rings. The van der Waals surface area contributed by atoms with Crippen LogP contribution in [0.3, 0.4) is 0 Å². The lowest BCUT2D eigenvalue weighted by Gasteiger charge is -2.31. The van der Waals surface area contributed by atoms with Gasteiger partial charge in [-0.05, 0) is 52.0 Å². The van der Waals surface area contributed by atoms with Gasteiger partial charge < -0.3 is 23.8 Å². The maximum atomic E-state index is 16.5. The van der Waals surface area contributed by atoms with E-state index < -0.39 is 73.5 Å². The fraction of sp³-hybridized carbons (Fsp3) is 0.500. The topological polar surface area (TPSA) is 184 Å². The molecule has 1 fully saturated rings. The Labute approximate surface area is 238 Å². The molecule has 0 radical (unpaired) electrons. The van der Waals surface area contributed by atoms with E-state index >= 15 is 4.39 Å². The van der Waals surface area contributed by atoms with E-state index in [1.807, 2.05) is 4.98 Å². The molecule has 1 unspecified atom stereocenters. The van der Waals surface area contributed by atoms with Gasteiger partial charge in [-0.15, -0.1) is 0 Å². The number of hydrogen-bond acceptors (Lipinski definition) is 11. The van der Waals surface area contributed by atoms with Gasteiger partial charge in [-0.1, -0.05) is 11.6 Å². The number of hydrogen-bond donors (Lipinski definition) is 3. The van der Waals surface area contributed by atoms with Crippen molar-refractivity contribution in [2.24, 2.45) is 0 Å². The molecule has 1 saturated heterocycles. The fourth-order valence-electron chi connectivity index (χ4n) is 3.89. The number of alkyl halides is 1. The second-order valence-electron chi connectivity index (χ2n) is 9.64. The van der Waals surface area contributed by atoms with Gasteiger partial charge in [0.2, 0.25) is 0 Å². The molecule has 1 aromatic carbocycles. The first-order valence-electron chi connectivity index (χ1n) is 12.2. The number of benzene rings is 1. The molecule has 0 saturated carbocycles. The van der Waals surface area contributed by atoms with E-state index in [9.17, 15) is 28.8 Å². The summed E-state index contributed by atoms with van der Waals surface area (Å²) in [4.78, 5) is 50.1. The summed E-state index contributed by atoms with van der Waals surface area (Å²) in [7, 11) is -4.67. The zero-order chi connectivity index (χ0) is 30.8. The summed E-state index contributed by atoms with van der Waals surface area (Å²) in [5.41, 5.74) is -4.26. The Bertz CT molecular complexity index is 1430. The first-order valence-corrected chi connectivity index (χ1v) is 14.1. The second kappa shape index (κ2) is 12.4. The van der Waals surface area contributed by atoms with Crippen molar-refractivity contribution < 1.29 is 46.9 Å². The standard InChI is InChI=1S/C24H30ClFN3O11P/c1-13(2)37-19(32)14(3)28-41(35,40-17-8-6-16(25)7-9-17)36-12-24(26)20(38-15(4)30)23(5,34)21(39-24)29-11-10-18(31)27-22(29)33/h6-11,13-14,20-21,34H,12H2,1-5H3,(H,28,35)(H,27,31,33)/t14-,20-,21+,23+,24+,41?/m0/s1. The van der Waals surface area contributed by atoms with Crippen molar-refractivity contribution in [3.05, 3.63) is 62.4 Å². The van der Waals surface area contributed by atoms with Gasteiger partial charge in [0.05, 0.1) is 6.10 Å². The van der Waals surface area contributed by atoms with Crippen molar-refractivity contribution in [1.82, 2.24) is 14.6 Å². The van der Waals surface area contributed by atoms with Gasteiger partial charge in [-0.2, -0.15) is 5.09 Å². The molecule has 1 aromatic heterocycles. The highest BCUT2D eigenvalue weighted by atomic mass is 35.5. The molecule has 0 aliphatic carbocycles. The van der Waals surface area contributed by atoms with E-state index in [4.69, 9.17) is 34.9 Å². The quantitative estimate of drug-likeness (QED) is 0.246. The Morgan fingerprint density at radius 1 is 1.24 bits per heavy atom. The zero-order valence-electron chi connectivity index (χ0n) is 22.7. The Morgan fingerprint density at radius 2 is 1.88 bits per heavy atom. The predicted octanol–water partition coefficient (Wildman–Crippen LogP) is 2.20. The van der Waals surface area contributed by atoms with Crippen molar-refractivity contribution in [3.8, 4) is 5.75 Å². The van der Waals surface area contributed by atoms with E-state index in [1.165, 1.54) is 31.2 Å². The number of nitrogens with zero attached hydrogens (tertiary/aromatic N) is 1. The van der Waals surface area contributed by atoms with Crippen molar-refractivity contribution in [1.29, 1.82) is 0 Å². The van der Waals surface area contributed by atoms with E-state index in [-0.39, 0.29) is 5.75 Å². The monoisotopic (exact) mass is 621 g/mol. The SMILES string of the molecule is CC(=O)O[C@H]1[C@@](C)(O)[C@H](n2ccc(=O)[nH]c2=O)O[C@]1(F)COP(=O)(N[C@@H](C)C(=O)OC(C)C)Oc1ccc(Cl)cc1. The fourth-order valence-corrected chi connectivity index (χ4v) is 5.52. The Morgan fingerprint density at radius 3 is 2.44 bits per heavy atom. The van der Waals surface area contributed by atoms with E-state index in [1.54, 1.807) is 13.8 Å². The highest BCUT2D eigenvalue weighted by Gasteiger charge is 2.66. The number of carbonyl (C=O) groups is 2. The molecule has 41 heavy (non-hydrogen) atoms. The first kappa shape index (κ1) is 32.4. The highest BCUT2D eigenvalue weighted by molar-refractivity contribution is 7.52. The van der Waals surface area contributed by atoms with Gasteiger partial charge >= 0.3 is 25.4 Å². The van der Waals surface area contributed by atoms with Crippen LogP contribution in [-0.2, 0) is 32.9 Å². The summed E-state index contributed by atoms with van der Waals surface area (Å²) in [6, 6.07) is 5.13. The van der Waals surface area contributed by atoms with Crippen LogP contribution in [0.25, 0.3) is 0 Å². The van der Waals surface area contributed by atoms with E-state index in [0.717, 1.165) is 26.1 Å². The number of esters is 2. The number of aromatic amines is 1. The molecule has 226 valence electrons. The maximum absolute atomic E-state index is 16.5. The molecular weight excluding hydrogens is 592 g/mol. The third-order valence-electron chi connectivity index (χ3n) is 5.65. The van der Waals surface area contributed by atoms with Crippen LogP contribution in [0.4, 0.5) is 4.39 Å². The summed E-state index contributed by atoms with van der Waals surface area (Å²) in [6.45, 7) is 5.15. The van der Waals surface area contributed by atoms with Crippen LogP contribution >= 0.6 is 19.3 Å². The predicted molar refractivity (Wildman–Crippen MR) is 141 cm³/mol. The molecule has 3 N–H and O–H groups in total. The van der Waals surface area contributed by atoms with Crippen LogP contribution in [0.1, 0.15) is 40.8 Å². The van der Waals surface area contributed by atoms with Gasteiger partial charge in [0.1, 0.15) is 24.0 Å². The van der Waals surface area contributed by atoms with Gasteiger partial charge in [0.25, 0.3) is 11.4 Å². The van der Waals surface area contributed by atoms with Crippen molar-refractivity contribution in [2.45, 2.75) is 70.6 Å². The Balaban J connectivity index is 1.96. The summed E-state index contributed by atoms with van der Waals surface area (Å²) in [6.07, 6.45) is -3.56. The summed E-state index contributed by atoms with van der Waals surface area (Å²) < 4.78 is 57.3. The van der Waals surface area contributed by atoms with Crippen LogP contribution in [0.15, 0.2) is 46.1 Å². The average Bonchev–Trinajstić information content (AvgIpc) is 3.04. The normalized spacial score (nSPS) is 26.3. The third kappa shape index (κ3) is 7.82. The molecule has 1 aliphatic rings.